The minimum Gasteiger partial charge on any atom is -0.497 e. The van der Waals surface area contributed by atoms with Crippen LogP contribution in [-0.2, 0) is 0 Å². The van der Waals surface area contributed by atoms with Crippen molar-refractivity contribution in [3.8, 4) is 5.75 Å². The molecular formula is C22H21NO4. The maximum atomic E-state index is 13.3. The SMILES string of the molecule is CCCN1C(=O)c2oc3ccc(C)cc3c(=O)c2[C@H]1c1cccc(OC)c1. The van der Waals surface area contributed by atoms with Gasteiger partial charge in [0.25, 0.3) is 5.91 Å². The molecule has 5 heteroatoms. The van der Waals surface area contributed by atoms with Gasteiger partial charge in [-0.2, -0.15) is 0 Å². The highest BCUT2D eigenvalue weighted by atomic mass is 16.5. The van der Waals surface area contributed by atoms with Gasteiger partial charge in [-0.3, -0.25) is 9.59 Å². The summed E-state index contributed by atoms with van der Waals surface area (Å²) < 4.78 is 11.3. The van der Waals surface area contributed by atoms with Crippen LogP contribution in [-0.4, -0.2) is 24.5 Å². The number of benzene rings is 2. The Balaban J connectivity index is 2.01. The number of fused-ring (bicyclic) bond motifs is 2. The molecule has 0 unspecified atom stereocenters. The predicted octanol–water partition coefficient (Wildman–Crippen LogP) is 4.07. The van der Waals surface area contributed by atoms with Crippen molar-refractivity contribution in [1.29, 1.82) is 0 Å². The standard InChI is InChI=1S/C22H21NO4/c1-4-10-23-19(14-6-5-7-15(12-14)26-3)18-20(24)16-11-13(2)8-9-17(16)27-21(18)22(23)25/h5-9,11-12,19H,4,10H2,1-3H3/t19-/m1/s1. The monoisotopic (exact) mass is 363 g/mol. The van der Waals surface area contributed by atoms with E-state index in [0.717, 1.165) is 17.5 Å². The van der Waals surface area contributed by atoms with Crippen molar-refractivity contribution in [3.05, 3.63) is 75.1 Å². The van der Waals surface area contributed by atoms with Crippen LogP contribution < -0.4 is 10.2 Å². The Morgan fingerprint density at radius 1 is 1.15 bits per heavy atom. The van der Waals surface area contributed by atoms with Crippen LogP contribution >= 0.6 is 0 Å². The van der Waals surface area contributed by atoms with Crippen molar-refractivity contribution in [2.24, 2.45) is 0 Å². The molecule has 2 heterocycles. The molecule has 0 spiro atoms. The van der Waals surface area contributed by atoms with Crippen molar-refractivity contribution < 1.29 is 13.9 Å². The highest BCUT2D eigenvalue weighted by Gasteiger charge is 2.42. The van der Waals surface area contributed by atoms with Crippen LogP contribution in [0.5, 0.6) is 5.75 Å². The van der Waals surface area contributed by atoms with E-state index < -0.39 is 6.04 Å². The normalized spacial score (nSPS) is 16.0. The Kier molecular flexibility index (Phi) is 4.22. The van der Waals surface area contributed by atoms with Gasteiger partial charge in [-0.15, -0.1) is 0 Å². The lowest BCUT2D eigenvalue weighted by molar-refractivity contribution is 0.0728. The molecule has 0 fully saturated rings. The molecule has 138 valence electrons. The van der Waals surface area contributed by atoms with Crippen LogP contribution in [0.3, 0.4) is 0 Å². The van der Waals surface area contributed by atoms with Gasteiger partial charge in [0.15, 0.2) is 5.43 Å². The Morgan fingerprint density at radius 2 is 1.96 bits per heavy atom. The maximum absolute atomic E-state index is 13.3. The largest absolute Gasteiger partial charge is 0.497 e. The van der Waals surface area contributed by atoms with Gasteiger partial charge in [0, 0.05) is 6.54 Å². The number of methoxy groups -OCH3 is 1. The van der Waals surface area contributed by atoms with Crippen LogP contribution in [0.1, 0.15) is 46.6 Å². The summed E-state index contributed by atoms with van der Waals surface area (Å²) in [5.41, 5.74) is 2.53. The van der Waals surface area contributed by atoms with E-state index in [1.807, 2.05) is 50.2 Å². The molecule has 0 radical (unpaired) electrons. The van der Waals surface area contributed by atoms with Gasteiger partial charge in [-0.25, -0.2) is 0 Å². The number of ether oxygens (including phenoxy) is 1. The smallest absolute Gasteiger partial charge is 0.290 e. The minimum atomic E-state index is -0.469. The van der Waals surface area contributed by atoms with Gasteiger partial charge in [0.05, 0.1) is 24.1 Å². The summed E-state index contributed by atoms with van der Waals surface area (Å²) in [5, 5.41) is 0.507. The zero-order valence-corrected chi connectivity index (χ0v) is 15.6. The Labute approximate surface area is 157 Å². The second-order valence-electron chi connectivity index (χ2n) is 6.85. The summed E-state index contributed by atoms with van der Waals surface area (Å²) in [6, 6.07) is 12.5. The average molecular weight is 363 g/mol. The Morgan fingerprint density at radius 3 is 2.70 bits per heavy atom. The van der Waals surface area contributed by atoms with Crippen molar-refractivity contribution in [3.63, 3.8) is 0 Å². The molecule has 1 aliphatic heterocycles. The highest BCUT2D eigenvalue weighted by molar-refractivity contribution is 5.99. The second-order valence-corrected chi connectivity index (χ2v) is 6.85. The van der Waals surface area contributed by atoms with Gasteiger partial charge < -0.3 is 14.1 Å². The number of carbonyl (C=O) groups excluding carboxylic acids is 1. The predicted molar refractivity (Wildman–Crippen MR) is 103 cm³/mol. The van der Waals surface area contributed by atoms with Gasteiger partial charge >= 0.3 is 0 Å². The number of aryl methyl sites for hydroxylation is 1. The fourth-order valence-corrected chi connectivity index (χ4v) is 3.76. The number of hydrogen-bond donors (Lipinski definition) is 0. The second kappa shape index (κ2) is 6.58. The van der Waals surface area contributed by atoms with Gasteiger partial charge in [0.2, 0.25) is 5.76 Å². The topological polar surface area (TPSA) is 59.8 Å². The molecule has 2 aromatic carbocycles. The van der Waals surface area contributed by atoms with Crippen molar-refractivity contribution in [2.75, 3.05) is 13.7 Å². The average Bonchev–Trinajstić information content (AvgIpc) is 2.95. The lowest BCUT2D eigenvalue weighted by atomic mass is 9.98. The van der Waals surface area contributed by atoms with Crippen LogP contribution in [0, 0.1) is 6.92 Å². The third-order valence-electron chi connectivity index (χ3n) is 5.00. The molecule has 3 aromatic rings. The first kappa shape index (κ1) is 17.3. The number of rotatable bonds is 4. The summed E-state index contributed by atoms with van der Waals surface area (Å²) in [7, 11) is 1.60. The zero-order chi connectivity index (χ0) is 19.1. The highest BCUT2D eigenvalue weighted by Crippen LogP contribution is 2.39. The number of hydrogen-bond acceptors (Lipinski definition) is 4. The van der Waals surface area contributed by atoms with Crippen LogP contribution in [0.15, 0.2) is 51.7 Å². The summed E-state index contributed by atoms with van der Waals surface area (Å²) in [4.78, 5) is 28.1. The third-order valence-corrected chi connectivity index (χ3v) is 5.00. The van der Waals surface area contributed by atoms with Crippen molar-refractivity contribution in [2.45, 2.75) is 26.3 Å². The summed E-state index contributed by atoms with van der Waals surface area (Å²) in [5.74, 6) is 0.600. The van der Waals surface area contributed by atoms with Crippen molar-refractivity contribution in [1.82, 2.24) is 4.90 Å². The van der Waals surface area contributed by atoms with E-state index in [1.165, 1.54) is 0 Å². The van der Waals surface area contributed by atoms with E-state index in [0.29, 0.717) is 28.8 Å². The molecule has 0 saturated heterocycles. The molecule has 27 heavy (non-hydrogen) atoms. The number of amides is 1. The van der Waals surface area contributed by atoms with E-state index in [-0.39, 0.29) is 17.1 Å². The molecule has 1 aliphatic rings. The Bertz CT molecular complexity index is 1100. The third kappa shape index (κ3) is 2.70. The summed E-state index contributed by atoms with van der Waals surface area (Å²) in [6.45, 7) is 4.48. The molecule has 1 aromatic heterocycles. The molecule has 0 N–H and O–H groups in total. The first-order chi connectivity index (χ1) is 13.0. The fourth-order valence-electron chi connectivity index (χ4n) is 3.76. The van der Waals surface area contributed by atoms with E-state index >= 15 is 0 Å². The molecule has 4 rings (SSSR count). The summed E-state index contributed by atoms with van der Waals surface area (Å²) in [6.07, 6.45) is 0.785. The molecular weight excluding hydrogens is 342 g/mol. The lowest BCUT2D eigenvalue weighted by Crippen LogP contribution is -2.30. The van der Waals surface area contributed by atoms with Gasteiger partial charge in [-0.1, -0.05) is 30.7 Å². The molecule has 1 amide bonds. The zero-order valence-electron chi connectivity index (χ0n) is 15.6. The van der Waals surface area contributed by atoms with Gasteiger partial charge in [-0.05, 0) is 43.2 Å². The number of nitrogens with zero attached hydrogens (tertiary/aromatic N) is 1. The molecule has 0 bridgehead atoms. The quantitative estimate of drug-likeness (QED) is 0.701. The first-order valence-corrected chi connectivity index (χ1v) is 9.07. The number of carbonyl (C=O) groups is 1. The van der Waals surface area contributed by atoms with E-state index in [4.69, 9.17) is 9.15 Å². The summed E-state index contributed by atoms with van der Waals surface area (Å²) >= 11 is 0. The van der Waals surface area contributed by atoms with E-state index in [2.05, 4.69) is 0 Å². The van der Waals surface area contributed by atoms with E-state index in [9.17, 15) is 9.59 Å². The van der Waals surface area contributed by atoms with Crippen LogP contribution in [0.25, 0.3) is 11.0 Å². The van der Waals surface area contributed by atoms with Crippen LogP contribution in [0.4, 0.5) is 0 Å². The molecule has 0 saturated carbocycles. The van der Waals surface area contributed by atoms with Crippen molar-refractivity contribution >= 4 is 16.9 Å². The lowest BCUT2D eigenvalue weighted by Gasteiger charge is -2.24. The Hall–Kier alpha value is -3.08. The van der Waals surface area contributed by atoms with Crippen LogP contribution in [0.2, 0.25) is 0 Å². The maximum Gasteiger partial charge on any atom is 0.290 e. The molecule has 5 nitrogen and oxygen atoms in total. The fraction of sp³-hybridized carbons (Fsp3) is 0.273. The van der Waals surface area contributed by atoms with E-state index in [1.54, 1.807) is 18.1 Å². The molecule has 1 atom stereocenters. The first-order valence-electron chi connectivity index (χ1n) is 9.07. The van der Waals surface area contributed by atoms with Gasteiger partial charge in [0.1, 0.15) is 11.3 Å². The molecule has 0 aliphatic carbocycles. The minimum absolute atomic E-state index is 0.144.